The number of hydrogen-bond donors (Lipinski definition) is 0. The monoisotopic (exact) mass is 215 g/mol. The van der Waals surface area contributed by atoms with Crippen molar-refractivity contribution in [2.75, 3.05) is 0 Å². The molecule has 86 valence electrons. The minimum absolute atomic E-state index is 1.09. The fourth-order valence-electron chi connectivity index (χ4n) is 1.69. The van der Waals surface area contributed by atoms with Crippen LogP contribution in [0.4, 0.5) is 0 Å². The summed E-state index contributed by atoms with van der Waals surface area (Å²) in [5, 5.41) is 0. The van der Waals surface area contributed by atoms with E-state index in [9.17, 15) is 0 Å². The summed E-state index contributed by atoms with van der Waals surface area (Å²) in [7, 11) is 0. The molecule has 0 aliphatic rings. The van der Waals surface area contributed by atoms with E-state index in [1.54, 1.807) is 0 Å². The van der Waals surface area contributed by atoms with Gasteiger partial charge in [-0.25, -0.2) is 0 Å². The lowest BCUT2D eigenvalue weighted by atomic mass is 10.0. The molecule has 16 heavy (non-hydrogen) atoms. The maximum absolute atomic E-state index is 4.46. The lowest BCUT2D eigenvalue weighted by Crippen LogP contribution is -1.97. The average Bonchev–Trinajstić information content (AvgIpc) is 2.24. The van der Waals surface area contributed by atoms with Crippen LogP contribution in [-0.2, 0) is 0 Å². The van der Waals surface area contributed by atoms with E-state index in [0.29, 0.717) is 0 Å². The second-order valence-corrected chi connectivity index (χ2v) is 4.21. The highest BCUT2D eigenvalue weighted by Gasteiger charge is 2.00. The molecule has 0 bridgehead atoms. The number of aliphatic imine (C=N–C) groups is 1. The molecule has 0 aromatic heterocycles. The van der Waals surface area contributed by atoms with Gasteiger partial charge in [-0.05, 0) is 38.3 Å². The topological polar surface area (TPSA) is 12.4 Å². The van der Waals surface area contributed by atoms with Crippen molar-refractivity contribution in [3.63, 3.8) is 0 Å². The van der Waals surface area contributed by atoms with E-state index >= 15 is 0 Å². The van der Waals surface area contributed by atoms with Crippen LogP contribution in [0, 0.1) is 13.8 Å². The van der Waals surface area contributed by atoms with Crippen molar-refractivity contribution in [3.05, 3.63) is 47.2 Å². The van der Waals surface area contributed by atoms with Crippen LogP contribution in [0.15, 0.2) is 35.5 Å². The van der Waals surface area contributed by atoms with E-state index in [1.165, 1.54) is 23.1 Å². The van der Waals surface area contributed by atoms with Crippen molar-refractivity contribution >= 4 is 5.71 Å². The van der Waals surface area contributed by atoms with Crippen LogP contribution in [-0.4, -0.2) is 5.71 Å². The number of rotatable bonds is 4. The van der Waals surface area contributed by atoms with Crippen molar-refractivity contribution in [3.8, 4) is 0 Å². The molecule has 1 rings (SSSR count). The zero-order valence-electron chi connectivity index (χ0n) is 10.7. The van der Waals surface area contributed by atoms with Gasteiger partial charge in [-0.2, -0.15) is 0 Å². The number of unbranched alkanes of at least 4 members (excludes halogenated alkanes) is 1. The summed E-state index contributed by atoms with van der Waals surface area (Å²) in [6.07, 6.45) is 6.31. The lowest BCUT2D eigenvalue weighted by Gasteiger charge is -2.05. The minimum atomic E-state index is 1.09. The molecule has 0 heterocycles. The number of hydrogen-bond acceptors (Lipinski definition) is 1. The van der Waals surface area contributed by atoms with Gasteiger partial charge in [-0.3, -0.25) is 4.99 Å². The maximum Gasteiger partial charge on any atom is 0.0447 e. The van der Waals surface area contributed by atoms with Crippen molar-refractivity contribution in [2.45, 2.75) is 40.5 Å². The summed E-state index contributed by atoms with van der Waals surface area (Å²) in [5.74, 6) is 0. The van der Waals surface area contributed by atoms with Crippen LogP contribution in [0.3, 0.4) is 0 Å². The summed E-state index contributed by atoms with van der Waals surface area (Å²) >= 11 is 0. The Labute approximate surface area is 98.9 Å². The molecule has 0 atom stereocenters. The standard InChI is InChI=1S/C15H21N/c1-5-6-7-10-16-14(4)15-9-8-12(2)11-13(15)3/h7-11H,5-6H2,1-4H3/b10-7+,16-14?. The molecule has 0 aliphatic carbocycles. The van der Waals surface area contributed by atoms with Gasteiger partial charge in [-0.1, -0.05) is 43.2 Å². The molecule has 1 heteroatoms. The summed E-state index contributed by atoms with van der Waals surface area (Å²) in [6, 6.07) is 6.48. The van der Waals surface area contributed by atoms with E-state index in [2.05, 4.69) is 57.0 Å². The first-order chi connectivity index (χ1) is 7.65. The minimum Gasteiger partial charge on any atom is -0.261 e. The molecule has 0 amide bonds. The zero-order valence-corrected chi connectivity index (χ0v) is 10.7. The molecule has 1 aromatic carbocycles. The second-order valence-electron chi connectivity index (χ2n) is 4.21. The summed E-state index contributed by atoms with van der Waals surface area (Å²) in [5.41, 5.74) is 4.93. The maximum atomic E-state index is 4.46. The lowest BCUT2D eigenvalue weighted by molar-refractivity contribution is 0.956. The van der Waals surface area contributed by atoms with E-state index in [4.69, 9.17) is 0 Å². The van der Waals surface area contributed by atoms with E-state index in [0.717, 1.165) is 12.1 Å². The molecule has 0 saturated carbocycles. The van der Waals surface area contributed by atoms with Crippen molar-refractivity contribution < 1.29 is 0 Å². The Kier molecular flexibility index (Phi) is 4.97. The predicted molar refractivity (Wildman–Crippen MR) is 72.2 cm³/mol. The second kappa shape index (κ2) is 6.26. The number of aryl methyl sites for hydroxylation is 2. The van der Waals surface area contributed by atoms with Crippen LogP contribution in [0.2, 0.25) is 0 Å². The van der Waals surface area contributed by atoms with Crippen LogP contribution in [0.1, 0.15) is 43.4 Å². The van der Waals surface area contributed by atoms with E-state index < -0.39 is 0 Å². The van der Waals surface area contributed by atoms with Crippen LogP contribution in [0.5, 0.6) is 0 Å². The SMILES string of the molecule is CCC/C=C/N=C(C)c1ccc(C)cc1C. The first-order valence-corrected chi connectivity index (χ1v) is 5.92. The van der Waals surface area contributed by atoms with Crippen LogP contribution < -0.4 is 0 Å². The van der Waals surface area contributed by atoms with E-state index in [1.807, 2.05) is 6.20 Å². The molecule has 0 saturated heterocycles. The normalized spacial score (nSPS) is 12.4. The smallest absolute Gasteiger partial charge is 0.0447 e. The Morgan fingerprint density at radius 2 is 2.06 bits per heavy atom. The summed E-state index contributed by atoms with van der Waals surface area (Å²) in [4.78, 5) is 4.46. The molecule has 1 aromatic rings. The molecule has 0 spiro atoms. The molecular formula is C15H21N. The third kappa shape index (κ3) is 3.65. The van der Waals surface area contributed by atoms with Gasteiger partial charge in [-0.15, -0.1) is 0 Å². The van der Waals surface area contributed by atoms with Gasteiger partial charge >= 0.3 is 0 Å². The highest BCUT2D eigenvalue weighted by atomic mass is 14.7. The fraction of sp³-hybridized carbons (Fsp3) is 0.400. The average molecular weight is 215 g/mol. The molecule has 0 radical (unpaired) electrons. The quantitative estimate of drug-likeness (QED) is 0.659. The van der Waals surface area contributed by atoms with Gasteiger partial charge in [0.1, 0.15) is 0 Å². The van der Waals surface area contributed by atoms with Crippen LogP contribution in [0.25, 0.3) is 0 Å². The van der Waals surface area contributed by atoms with Crippen molar-refractivity contribution in [1.82, 2.24) is 0 Å². The Morgan fingerprint density at radius 1 is 1.31 bits per heavy atom. The predicted octanol–water partition coefficient (Wildman–Crippen LogP) is 4.43. The van der Waals surface area contributed by atoms with Crippen molar-refractivity contribution in [1.29, 1.82) is 0 Å². The third-order valence-corrected chi connectivity index (χ3v) is 2.60. The van der Waals surface area contributed by atoms with Crippen LogP contribution >= 0.6 is 0 Å². The third-order valence-electron chi connectivity index (χ3n) is 2.60. The first-order valence-electron chi connectivity index (χ1n) is 5.92. The highest BCUT2D eigenvalue weighted by molar-refractivity contribution is 6.00. The fourth-order valence-corrected chi connectivity index (χ4v) is 1.69. The molecule has 1 nitrogen and oxygen atoms in total. The van der Waals surface area contributed by atoms with Gasteiger partial charge in [0, 0.05) is 11.9 Å². The van der Waals surface area contributed by atoms with Gasteiger partial charge in [0.25, 0.3) is 0 Å². The molecule has 0 unspecified atom stereocenters. The summed E-state index contributed by atoms with van der Waals surface area (Å²) in [6.45, 7) is 8.49. The Hall–Kier alpha value is -1.37. The van der Waals surface area contributed by atoms with Gasteiger partial charge in [0.05, 0.1) is 0 Å². The van der Waals surface area contributed by atoms with Gasteiger partial charge in [0.15, 0.2) is 0 Å². The van der Waals surface area contributed by atoms with E-state index in [-0.39, 0.29) is 0 Å². The molecule has 0 aliphatic heterocycles. The Bertz CT molecular complexity index is 400. The number of nitrogens with zero attached hydrogens (tertiary/aromatic N) is 1. The van der Waals surface area contributed by atoms with Crippen molar-refractivity contribution in [2.24, 2.45) is 4.99 Å². The largest absolute Gasteiger partial charge is 0.261 e. The molecular weight excluding hydrogens is 194 g/mol. The van der Waals surface area contributed by atoms with Gasteiger partial charge in [0.2, 0.25) is 0 Å². The Balaban J connectivity index is 2.83. The highest BCUT2D eigenvalue weighted by Crippen LogP contribution is 2.11. The first kappa shape index (κ1) is 12.7. The van der Waals surface area contributed by atoms with Gasteiger partial charge < -0.3 is 0 Å². The zero-order chi connectivity index (χ0) is 12.0. The molecule has 0 fully saturated rings. The Morgan fingerprint density at radius 3 is 2.69 bits per heavy atom. The molecule has 0 N–H and O–H groups in total. The number of benzene rings is 1. The number of allylic oxidation sites excluding steroid dienone is 1. The summed E-state index contributed by atoms with van der Waals surface area (Å²) < 4.78 is 0.